The fraction of sp³-hybridized carbons (Fsp3) is 0.167. The number of rotatable bonds is 2. The number of nitrogens with two attached hydrogens (primary N) is 1. The molecule has 0 radical (unpaired) electrons. The van der Waals surface area contributed by atoms with Gasteiger partial charge in [-0.1, -0.05) is 6.58 Å². The van der Waals surface area contributed by atoms with Gasteiger partial charge in [0.2, 0.25) is 5.95 Å². The zero-order valence-electron chi connectivity index (χ0n) is 5.87. The summed E-state index contributed by atoms with van der Waals surface area (Å²) in [5, 5.41) is 0. The van der Waals surface area contributed by atoms with Crippen LogP contribution in [0.5, 0.6) is 0 Å². The lowest BCUT2D eigenvalue weighted by Crippen LogP contribution is -1.95. The quantitative estimate of drug-likeness (QED) is 0.491. The minimum Gasteiger partial charge on any atom is -0.372 e. The number of hydrogen-bond acceptors (Lipinski definition) is 2. The summed E-state index contributed by atoms with van der Waals surface area (Å²) >= 11 is 0. The van der Waals surface area contributed by atoms with Crippen molar-refractivity contribution in [1.29, 1.82) is 0 Å². The summed E-state index contributed by atoms with van der Waals surface area (Å²) in [4.78, 5) is 2.83. The van der Waals surface area contributed by atoms with Gasteiger partial charge in [0.05, 0.1) is 5.71 Å². The molecule has 0 aliphatic heterocycles. The topological polar surface area (TPSA) is 38.4 Å². The Bertz CT molecular complexity index is 226. The first-order valence-electron chi connectivity index (χ1n) is 2.66. The Kier molecular flexibility index (Phi) is 3.36. The maximum absolute atomic E-state index is 12.1. The first kappa shape index (κ1) is 9.74. The molecule has 0 aromatic carbocycles. The molecule has 0 rings (SSSR count). The van der Waals surface area contributed by atoms with Gasteiger partial charge in [-0.2, -0.15) is 8.78 Å². The van der Waals surface area contributed by atoms with Crippen molar-refractivity contribution in [2.45, 2.75) is 6.92 Å². The van der Waals surface area contributed by atoms with Gasteiger partial charge in [0, 0.05) is 0 Å². The van der Waals surface area contributed by atoms with E-state index in [-0.39, 0.29) is 5.71 Å². The number of aliphatic imine (C=N–C) groups is 1. The van der Waals surface area contributed by atoms with E-state index in [4.69, 9.17) is 0 Å². The molecule has 0 aromatic rings. The van der Waals surface area contributed by atoms with Crippen molar-refractivity contribution >= 4 is 5.71 Å². The molecule has 0 saturated heterocycles. The SMILES string of the molecule is C=C(F)/C(C)=N\C(F)=C(/N)F. The molecule has 0 aromatic heterocycles. The zero-order valence-corrected chi connectivity index (χ0v) is 5.87. The Hall–Kier alpha value is -1.26. The van der Waals surface area contributed by atoms with Crippen LogP contribution in [0.4, 0.5) is 13.2 Å². The van der Waals surface area contributed by atoms with Crippen LogP contribution in [0.1, 0.15) is 6.92 Å². The van der Waals surface area contributed by atoms with Crippen molar-refractivity contribution in [1.82, 2.24) is 0 Å². The third-order valence-corrected chi connectivity index (χ3v) is 0.856. The van der Waals surface area contributed by atoms with Gasteiger partial charge in [-0.15, -0.1) is 0 Å². The molecular formula is C6H7F3N2. The van der Waals surface area contributed by atoms with Gasteiger partial charge in [-0.05, 0) is 6.92 Å². The summed E-state index contributed by atoms with van der Waals surface area (Å²) in [6, 6.07) is 0. The van der Waals surface area contributed by atoms with E-state index in [1.807, 2.05) is 0 Å². The lowest BCUT2D eigenvalue weighted by molar-refractivity contribution is 0.523. The molecule has 0 atom stereocenters. The van der Waals surface area contributed by atoms with E-state index >= 15 is 0 Å². The molecule has 0 amide bonds. The normalized spacial score (nSPS) is 14.4. The van der Waals surface area contributed by atoms with Crippen LogP contribution in [0.25, 0.3) is 0 Å². The molecular weight excluding hydrogens is 157 g/mol. The molecule has 0 fully saturated rings. The highest BCUT2D eigenvalue weighted by Crippen LogP contribution is 2.07. The molecule has 5 heteroatoms. The second-order valence-electron chi connectivity index (χ2n) is 1.74. The van der Waals surface area contributed by atoms with E-state index in [1.165, 1.54) is 0 Å². The summed E-state index contributed by atoms with van der Waals surface area (Å²) < 4.78 is 35.9. The van der Waals surface area contributed by atoms with Crippen molar-refractivity contribution in [3.63, 3.8) is 0 Å². The third-order valence-electron chi connectivity index (χ3n) is 0.856. The maximum atomic E-state index is 12.1. The highest BCUT2D eigenvalue weighted by molar-refractivity contribution is 5.96. The molecule has 2 N–H and O–H groups in total. The molecule has 0 aliphatic rings. The summed E-state index contributed by atoms with van der Waals surface area (Å²) in [6.45, 7) is 3.96. The first-order chi connectivity index (χ1) is 4.95. The van der Waals surface area contributed by atoms with E-state index in [0.717, 1.165) is 6.92 Å². The largest absolute Gasteiger partial charge is 0.372 e. The smallest absolute Gasteiger partial charge is 0.266 e. The van der Waals surface area contributed by atoms with E-state index in [9.17, 15) is 13.2 Å². The van der Waals surface area contributed by atoms with Crippen molar-refractivity contribution in [3.05, 3.63) is 24.3 Å². The Balaban J connectivity index is 4.58. The summed E-state index contributed by atoms with van der Waals surface area (Å²) in [5.74, 6) is -4.05. The Morgan fingerprint density at radius 3 is 2.09 bits per heavy atom. The Labute approximate surface area is 61.9 Å². The highest BCUT2D eigenvalue weighted by Gasteiger charge is 2.01. The number of allylic oxidation sites excluding steroid dienone is 1. The molecule has 11 heavy (non-hydrogen) atoms. The molecule has 62 valence electrons. The van der Waals surface area contributed by atoms with Gasteiger partial charge in [0.25, 0.3) is 5.95 Å². The van der Waals surface area contributed by atoms with Crippen molar-refractivity contribution in [2.24, 2.45) is 10.7 Å². The maximum Gasteiger partial charge on any atom is 0.266 e. The predicted molar refractivity (Wildman–Crippen MR) is 36.8 cm³/mol. The van der Waals surface area contributed by atoms with E-state index < -0.39 is 17.7 Å². The lowest BCUT2D eigenvalue weighted by atomic mass is 10.4. The van der Waals surface area contributed by atoms with E-state index in [1.54, 1.807) is 0 Å². The number of nitrogens with zero attached hydrogens (tertiary/aromatic N) is 1. The molecule has 0 unspecified atom stereocenters. The van der Waals surface area contributed by atoms with E-state index in [0.29, 0.717) is 0 Å². The Morgan fingerprint density at radius 1 is 1.36 bits per heavy atom. The predicted octanol–water partition coefficient (Wildman–Crippen LogP) is 1.95. The molecule has 0 aliphatic carbocycles. The monoisotopic (exact) mass is 164 g/mol. The molecule has 0 bridgehead atoms. The van der Waals surface area contributed by atoms with Gasteiger partial charge in [-0.25, -0.2) is 9.38 Å². The number of halogens is 3. The molecule has 0 saturated carbocycles. The Morgan fingerprint density at radius 2 is 1.82 bits per heavy atom. The average Bonchev–Trinajstić information content (AvgIpc) is 1.87. The summed E-state index contributed by atoms with van der Waals surface area (Å²) in [6.07, 6.45) is 0. The van der Waals surface area contributed by atoms with E-state index in [2.05, 4.69) is 17.3 Å². The van der Waals surface area contributed by atoms with Crippen LogP contribution in [0.3, 0.4) is 0 Å². The average molecular weight is 164 g/mol. The van der Waals surface area contributed by atoms with Crippen LogP contribution < -0.4 is 5.73 Å². The zero-order chi connectivity index (χ0) is 9.02. The van der Waals surface area contributed by atoms with Crippen LogP contribution in [0, 0.1) is 0 Å². The van der Waals surface area contributed by atoms with Crippen molar-refractivity contribution in [2.75, 3.05) is 0 Å². The number of hydrogen-bond donors (Lipinski definition) is 1. The molecule has 2 nitrogen and oxygen atoms in total. The van der Waals surface area contributed by atoms with Crippen LogP contribution in [-0.4, -0.2) is 5.71 Å². The van der Waals surface area contributed by atoms with Crippen LogP contribution >= 0.6 is 0 Å². The lowest BCUT2D eigenvalue weighted by Gasteiger charge is -1.92. The minimum atomic E-state index is -1.58. The molecule has 0 heterocycles. The first-order valence-corrected chi connectivity index (χ1v) is 2.66. The minimum absolute atomic E-state index is 0.344. The van der Waals surface area contributed by atoms with Gasteiger partial charge >= 0.3 is 0 Å². The standard InChI is InChI=1S/C6H7F3N2/c1-3(7)4(2)11-6(9)5(8)10/h1,10H2,2H3/b6-5-,11-4-. The molecule has 0 spiro atoms. The van der Waals surface area contributed by atoms with Gasteiger partial charge in [0.15, 0.2) is 0 Å². The van der Waals surface area contributed by atoms with Gasteiger partial charge in [0.1, 0.15) is 5.83 Å². The fourth-order valence-electron chi connectivity index (χ4n) is 0.261. The summed E-state index contributed by atoms with van der Waals surface area (Å²) in [7, 11) is 0. The van der Waals surface area contributed by atoms with Crippen LogP contribution in [0.2, 0.25) is 0 Å². The van der Waals surface area contributed by atoms with Crippen molar-refractivity contribution < 1.29 is 13.2 Å². The van der Waals surface area contributed by atoms with Crippen LogP contribution in [0.15, 0.2) is 29.3 Å². The fourth-order valence-corrected chi connectivity index (χ4v) is 0.261. The third kappa shape index (κ3) is 3.44. The van der Waals surface area contributed by atoms with Gasteiger partial charge < -0.3 is 5.73 Å². The summed E-state index contributed by atoms with van der Waals surface area (Å²) in [5.41, 5.74) is 4.02. The second-order valence-corrected chi connectivity index (χ2v) is 1.74. The second kappa shape index (κ2) is 3.80. The van der Waals surface area contributed by atoms with Crippen LogP contribution in [-0.2, 0) is 0 Å². The van der Waals surface area contributed by atoms with Gasteiger partial charge in [-0.3, -0.25) is 0 Å². The van der Waals surface area contributed by atoms with Crippen molar-refractivity contribution in [3.8, 4) is 0 Å². The highest BCUT2D eigenvalue weighted by atomic mass is 19.2.